The highest BCUT2D eigenvalue weighted by Crippen LogP contribution is 2.07. The van der Waals surface area contributed by atoms with Crippen molar-refractivity contribution in [1.29, 1.82) is 0 Å². The molecule has 0 aromatic heterocycles. The van der Waals surface area contributed by atoms with E-state index in [2.05, 4.69) is 6.58 Å². The molecule has 0 fully saturated rings. The number of nitrogens with one attached hydrogen (secondary N) is 1. The molecule has 82 valence electrons. The van der Waals surface area contributed by atoms with Gasteiger partial charge in [0.2, 0.25) is 0 Å². The Labute approximate surface area is 91.7 Å². The predicted molar refractivity (Wildman–Crippen MR) is 60.0 cm³/mol. The van der Waals surface area contributed by atoms with Crippen molar-refractivity contribution in [2.45, 2.75) is 4.90 Å². The van der Waals surface area contributed by atoms with Crippen LogP contribution >= 0.6 is 0 Å². The van der Waals surface area contributed by atoms with E-state index in [-0.39, 0.29) is 10.6 Å². The number of rotatable bonds is 5. The third kappa shape index (κ3) is 3.58. The van der Waals surface area contributed by atoms with Crippen LogP contribution in [0, 0.1) is 0 Å². The van der Waals surface area contributed by atoms with Crippen LogP contribution in [-0.4, -0.2) is 18.4 Å². The summed E-state index contributed by atoms with van der Waals surface area (Å²) in [6.07, 6.45) is 1.39. The predicted octanol–water partition coefficient (Wildman–Crippen LogP) is 0.815. The molecule has 6 heteroatoms. The van der Waals surface area contributed by atoms with E-state index in [1.54, 1.807) is 18.2 Å². The quantitative estimate of drug-likeness (QED) is 0.781. The Kier molecular flexibility index (Phi) is 4.19. The second-order valence-electron chi connectivity index (χ2n) is 2.70. The van der Waals surface area contributed by atoms with Crippen molar-refractivity contribution >= 4 is 21.0 Å². The molecule has 0 spiro atoms. The maximum absolute atomic E-state index is 11.6. The van der Waals surface area contributed by atoms with Crippen LogP contribution in [0.4, 0.5) is 0 Å². The molecule has 1 aromatic rings. The van der Waals surface area contributed by atoms with Gasteiger partial charge in [0.05, 0.1) is 10.6 Å². The molecular weight excluding hydrogens is 234 g/mol. The molecule has 1 rings (SSSR count). The summed E-state index contributed by atoms with van der Waals surface area (Å²) >= 11 is 0. The van der Waals surface area contributed by atoms with E-state index in [1.165, 1.54) is 18.2 Å². The standard InChI is InChI=1S/C9H11NO3S2/c1-2-8-14(11)10-15(12,13)9-6-4-3-5-7-9/h2-7,10H,1,8H2. The van der Waals surface area contributed by atoms with Gasteiger partial charge in [0.25, 0.3) is 10.0 Å². The summed E-state index contributed by atoms with van der Waals surface area (Å²) in [5, 5.41) is 0. The first-order chi connectivity index (χ1) is 7.06. The normalized spacial score (nSPS) is 13.3. The Hall–Kier alpha value is -0.980. The minimum atomic E-state index is -3.68. The molecule has 0 aliphatic rings. The van der Waals surface area contributed by atoms with E-state index < -0.39 is 21.0 Å². The van der Waals surface area contributed by atoms with Crippen molar-refractivity contribution in [3.63, 3.8) is 0 Å². The summed E-state index contributed by atoms with van der Waals surface area (Å²) < 4.78 is 36.4. The van der Waals surface area contributed by atoms with Crippen molar-refractivity contribution in [3.05, 3.63) is 43.0 Å². The Bertz CT molecular complexity index is 454. The molecule has 0 bridgehead atoms. The molecule has 0 aliphatic heterocycles. The molecule has 1 aromatic carbocycles. The summed E-state index contributed by atoms with van der Waals surface area (Å²) in [5.41, 5.74) is 0. The number of sulfonamides is 1. The lowest BCUT2D eigenvalue weighted by Gasteiger charge is -2.04. The zero-order valence-corrected chi connectivity index (χ0v) is 9.55. The van der Waals surface area contributed by atoms with Crippen molar-refractivity contribution in [2.75, 3.05) is 5.75 Å². The van der Waals surface area contributed by atoms with Crippen LogP contribution in [0.2, 0.25) is 0 Å². The van der Waals surface area contributed by atoms with Gasteiger partial charge in [-0.05, 0) is 12.1 Å². The van der Waals surface area contributed by atoms with Crippen molar-refractivity contribution in [3.8, 4) is 0 Å². The molecule has 0 saturated carbocycles. The summed E-state index contributed by atoms with van der Waals surface area (Å²) in [5.74, 6) is 0.0893. The largest absolute Gasteiger partial charge is 0.251 e. The fourth-order valence-electron chi connectivity index (χ4n) is 0.911. The lowest BCUT2D eigenvalue weighted by Crippen LogP contribution is -2.27. The zero-order valence-electron chi connectivity index (χ0n) is 7.92. The van der Waals surface area contributed by atoms with E-state index >= 15 is 0 Å². The van der Waals surface area contributed by atoms with E-state index in [9.17, 15) is 12.6 Å². The number of benzene rings is 1. The van der Waals surface area contributed by atoms with E-state index in [4.69, 9.17) is 0 Å². The van der Waals surface area contributed by atoms with Crippen LogP contribution < -0.4 is 4.13 Å². The van der Waals surface area contributed by atoms with Gasteiger partial charge in [-0.25, -0.2) is 12.6 Å². The van der Waals surface area contributed by atoms with Gasteiger partial charge in [0.15, 0.2) is 0 Å². The number of hydrogen-bond acceptors (Lipinski definition) is 3. The van der Waals surface area contributed by atoms with E-state index in [0.29, 0.717) is 0 Å². The van der Waals surface area contributed by atoms with Gasteiger partial charge in [0, 0.05) is 0 Å². The Morgan fingerprint density at radius 3 is 2.47 bits per heavy atom. The van der Waals surface area contributed by atoms with Crippen LogP contribution in [0.25, 0.3) is 0 Å². The monoisotopic (exact) mass is 245 g/mol. The molecule has 0 heterocycles. The molecule has 1 atom stereocenters. The first-order valence-electron chi connectivity index (χ1n) is 4.13. The van der Waals surface area contributed by atoms with Gasteiger partial charge in [-0.15, -0.1) is 10.7 Å². The topological polar surface area (TPSA) is 63.2 Å². The second-order valence-corrected chi connectivity index (χ2v) is 5.87. The molecule has 0 saturated heterocycles. The van der Waals surface area contributed by atoms with Gasteiger partial charge in [-0.3, -0.25) is 0 Å². The summed E-state index contributed by atoms with van der Waals surface area (Å²) in [4.78, 5) is 0.0995. The first kappa shape index (κ1) is 12.1. The van der Waals surface area contributed by atoms with Gasteiger partial charge in [0.1, 0.15) is 11.0 Å². The van der Waals surface area contributed by atoms with Gasteiger partial charge < -0.3 is 0 Å². The van der Waals surface area contributed by atoms with Crippen LogP contribution in [-0.2, 0) is 21.0 Å². The smallest absolute Gasteiger partial charge is 0.242 e. The molecular formula is C9H11NO3S2. The fraction of sp³-hybridized carbons (Fsp3) is 0.111. The summed E-state index contributed by atoms with van der Waals surface area (Å²) in [6, 6.07) is 7.79. The molecule has 4 nitrogen and oxygen atoms in total. The summed E-state index contributed by atoms with van der Waals surface area (Å²) in [6.45, 7) is 3.38. The second kappa shape index (κ2) is 5.20. The average Bonchev–Trinajstić information content (AvgIpc) is 2.18. The van der Waals surface area contributed by atoms with Crippen molar-refractivity contribution < 1.29 is 12.6 Å². The molecule has 15 heavy (non-hydrogen) atoms. The minimum absolute atomic E-state index is 0.0893. The molecule has 0 amide bonds. The van der Waals surface area contributed by atoms with Crippen LogP contribution in [0.15, 0.2) is 47.9 Å². The van der Waals surface area contributed by atoms with Crippen molar-refractivity contribution in [2.24, 2.45) is 0 Å². The summed E-state index contributed by atoms with van der Waals surface area (Å²) in [7, 11) is -5.33. The highest BCUT2D eigenvalue weighted by Gasteiger charge is 2.15. The van der Waals surface area contributed by atoms with Gasteiger partial charge in [-0.2, -0.15) is 0 Å². The first-order valence-corrected chi connectivity index (χ1v) is 6.93. The highest BCUT2D eigenvalue weighted by atomic mass is 32.3. The van der Waals surface area contributed by atoms with Gasteiger partial charge in [-0.1, -0.05) is 24.3 Å². The SMILES string of the molecule is C=CCS(=O)NS(=O)(=O)c1ccccc1. The Morgan fingerprint density at radius 1 is 1.33 bits per heavy atom. The van der Waals surface area contributed by atoms with Crippen LogP contribution in [0.5, 0.6) is 0 Å². The zero-order chi connectivity index (χ0) is 11.3. The van der Waals surface area contributed by atoms with Crippen molar-refractivity contribution in [1.82, 2.24) is 4.13 Å². The third-order valence-corrected chi connectivity index (χ3v) is 4.58. The molecule has 0 radical (unpaired) electrons. The Balaban J connectivity index is 2.86. The lowest BCUT2D eigenvalue weighted by molar-refractivity contribution is 0.593. The van der Waals surface area contributed by atoms with E-state index in [0.717, 1.165) is 0 Å². The third-order valence-electron chi connectivity index (χ3n) is 1.53. The van der Waals surface area contributed by atoms with Crippen LogP contribution in [0.3, 0.4) is 0 Å². The van der Waals surface area contributed by atoms with Crippen LogP contribution in [0.1, 0.15) is 0 Å². The lowest BCUT2D eigenvalue weighted by atomic mass is 10.4. The van der Waals surface area contributed by atoms with E-state index in [1.807, 2.05) is 4.13 Å². The number of hydrogen-bond donors (Lipinski definition) is 1. The molecule has 1 N–H and O–H groups in total. The minimum Gasteiger partial charge on any atom is -0.242 e. The molecule has 1 unspecified atom stereocenters. The maximum atomic E-state index is 11.6. The Morgan fingerprint density at radius 2 is 1.93 bits per heavy atom. The average molecular weight is 245 g/mol. The van der Waals surface area contributed by atoms with Gasteiger partial charge >= 0.3 is 0 Å². The highest BCUT2D eigenvalue weighted by molar-refractivity contribution is 8.02. The molecule has 0 aliphatic carbocycles. The maximum Gasteiger partial charge on any atom is 0.251 e. The fourth-order valence-corrected chi connectivity index (χ4v) is 3.28.